The molecule has 0 unspecified atom stereocenters. The molecular formula is C16H16INO. The molecule has 0 aliphatic heterocycles. The Kier molecular flexibility index (Phi) is 4.58. The Bertz CT molecular complexity index is 593. The second kappa shape index (κ2) is 6.19. The number of halogens is 1. The summed E-state index contributed by atoms with van der Waals surface area (Å²) in [5, 5.41) is 0. The molecule has 2 rings (SSSR count). The lowest BCUT2D eigenvalue weighted by Crippen LogP contribution is -2.10. The Hall–Kier alpha value is -1.36. The van der Waals surface area contributed by atoms with Crippen molar-refractivity contribution in [3.63, 3.8) is 0 Å². The third-order valence-electron chi connectivity index (χ3n) is 2.94. The van der Waals surface area contributed by atoms with Crippen molar-refractivity contribution in [3.05, 3.63) is 63.2 Å². The van der Waals surface area contributed by atoms with E-state index in [4.69, 9.17) is 0 Å². The number of Topliss-reactive ketones (excluding diaryl/α,β-unsaturated/α-hetero) is 1. The Morgan fingerprint density at radius 2 is 1.84 bits per heavy atom. The molecule has 0 heterocycles. The maximum Gasteiger partial charge on any atom is 0.167 e. The van der Waals surface area contributed by atoms with E-state index in [0.717, 1.165) is 20.4 Å². The predicted octanol–water partition coefficient (Wildman–Crippen LogP) is 3.78. The van der Waals surface area contributed by atoms with Crippen molar-refractivity contribution in [3.8, 4) is 0 Å². The summed E-state index contributed by atoms with van der Waals surface area (Å²) in [5.41, 5.74) is 2.88. The fraction of sp³-hybridized carbons (Fsp3) is 0.188. The summed E-state index contributed by atoms with van der Waals surface area (Å²) in [5.74, 6) is 0.158. The molecule has 2 aromatic rings. The molecule has 0 aromatic heterocycles. The van der Waals surface area contributed by atoms with Gasteiger partial charge in [0.05, 0.1) is 0 Å². The van der Waals surface area contributed by atoms with Gasteiger partial charge in [0.2, 0.25) is 0 Å². The van der Waals surface area contributed by atoms with Crippen LogP contribution in [-0.2, 0) is 6.42 Å². The standard InChI is InChI=1S/C16H16INO/c1-18(2)15-8-4-6-13(11-15)16(19)10-12-5-3-7-14(17)9-12/h3-9,11H,10H2,1-2H3. The van der Waals surface area contributed by atoms with Gasteiger partial charge in [-0.15, -0.1) is 0 Å². The van der Waals surface area contributed by atoms with Crippen LogP contribution in [0, 0.1) is 3.57 Å². The topological polar surface area (TPSA) is 20.3 Å². The van der Waals surface area contributed by atoms with E-state index in [1.807, 2.05) is 67.5 Å². The average molecular weight is 365 g/mol. The first-order valence-corrected chi connectivity index (χ1v) is 7.19. The van der Waals surface area contributed by atoms with Gasteiger partial charge in [-0.25, -0.2) is 0 Å². The Labute approximate surface area is 127 Å². The van der Waals surface area contributed by atoms with Gasteiger partial charge < -0.3 is 4.90 Å². The van der Waals surface area contributed by atoms with Crippen LogP contribution in [0.1, 0.15) is 15.9 Å². The fourth-order valence-electron chi connectivity index (χ4n) is 1.89. The van der Waals surface area contributed by atoms with E-state index >= 15 is 0 Å². The van der Waals surface area contributed by atoms with Crippen molar-refractivity contribution >= 4 is 34.1 Å². The molecule has 3 heteroatoms. The van der Waals surface area contributed by atoms with Gasteiger partial charge in [0, 0.05) is 35.3 Å². The monoisotopic (exact) mass is 365 g/mol. The summed E-state index contributed by atoms with van der Waals surface area (Å²) in [4.78, 5) is 14.3. The molecule has 0 spiro atoms. The van der Waals surface area contributed by atoms with Gasteiger partial charge in [-0.1, -0.05) is 24.3 Å². The molecule has 98 valence electrons. The highest BCUT2D eigenvalue weighted by atomic mass is 127. The second-order valence-electron chi connectivity index (χ2n) is 4.67. The molecule has 0 radical (unpaired) electrons. The van der Waals surface area contributed by atoms with E-state index in [0.29, 0.717) is 6.42 Å². The Balaban J connectivity index is 2.18. The number of hydrogen-bond donors (Lipinski definition) is 0. The number of rotatable bonds is 4. The highest BCUT2D eigenvalue weighted by Crippen LogP contribution is 2.16. The molecule has 0 saturated heterocycles. The number of ketones is 1. The largest absolute Gasteiger partial charge is 0.378 e. The molecule has 0 amide bonds. The molecule has 0 saturated carbocycles. The minimum absolute atomic E-state index is 0.158. The second-order valence-corrected chi connectivity index (χ2v) is 5.92. The minimum Gasteiger partial charge on any atom is -0.378 e. The zero-order valence-electron chi connectivity index (χ0n) is 11.1. The van der Waals surface area contributed by atoms with E-state index < -0.39 is 0 Å². The Morgan fingerprint density at radius 1 is 1.11 bits per heavy atom. The quantitative estimate of drug-likeness (QED) is 0.607. The molecule has 0 bridgehead atoms. The molecule has 2 nitrogen and oxygen atoms in total. The molecule has 0 atom stereocenters. The van der Waals surface area contributed by atoms with Crippen LogP contribution in [0.3, 0.4) is 0 Å². The lowest BCUT2D eigenvalue weighted by atomic mass is 10.0. The average Bonchev–Trinajstić information content (AvgIpc) is 2.39. The maximum atomic E-state index is 12.3. The smallest absolute Gasteiger partial charge is 0.167 e. The normalized spacial score (nSPS) is 10.3. The van der Waals surface area contributed by atoms with Gasteiger partial charge >= 0.3 is 0 Å². The number of anilines is 1. The third kappa shape index (κ3) is 3.80. The first-order chi connectivity index (χ1) is 9.06. The minimum atomic E-state index is 0.158. The summed E-state index contributed by atoms with van der Waals surface area (Å²) in [6, 6.07) is 15.8. The van der Waals surface area contributed by atoms with Gasteiger partial charge in [-0.3, -0.25) is 4.79 Å². The number of benzene rings is 2. The summed E-state index contributed by atoms with van der Waals surface area (Å²) in [7, 11) is 3.95. The van der Waals surface area contributed by atoms with Gasteiger partial charge in [-0.2, -0.15) is 0 Å². The van der Waals surface area contributed by atoms with Crippen LogP contribution in [-0.4, -0.2) is 19.9 Å². The van der Waals surface area contributed by atoms with Crippen LogP contribution >= 0.6 is 22.6 Å². The van der Waals surface area contributed by atoms with Gasteiger partial charge in [0.15, 0.2) is 5.78 Å². The number of hydrogen-bond acceptors (Lipinski definition) is 2. The summed E-state index contributed by atoms with van der Waals surface area (Å²) in [6.45, 7) is 0. The fourth-order valence-corrected chi connectivity index (χ4v) is 2.50. The van der Waals surface area contributed by atoms with Crippen molar-refractivity contribution in [2.75, 3.05) is 19.0 Å². The van der Waals surface area contributed by atoms with Gasteiger partial charge in [-0.05, 0) is 52.4 Å². The predicted molar refractivity (Wildman–Crippen MR) is 88.0 cm³/mol. The zero-order chi connectivity index (χ0) is 13.8. The van der Waals surface area contributed by atoms with Crippen LogP contribution in [0.25, 0.3) is 0 Å². The van der Waals surface area contributed by atoms with Crippen molar-refractivity contribution in [2.24, 2.45) is 0 Å². The highest BCUT2D eigenvalue weighted by Gasteiger charge is 2.08. The lowest BCUT2D eigenvalue weighted by molar-refractivity contribution is 0.0993. The lowest BCUT2D eigenvalue weighted by Gasteiger charge is -2.13. The molecule has 0 fully saturated rings. The SMILES string of the molecule is CN(C)c1cccc(C(=O)Cc2cccc(I)c2)c1. The van der Waals surface area contributed by atoms with Crippen molar-refractivity contribution in [2.45, 2.75) is 6.42 Å². The maximum absolute atomic E-state index is 12.3. The van der Waals surface area contributed by atoms with Crippen LogP contribution < -0.4 is 4.90 Å². The molecular weight excluding hydrogens is 349 g/mol. The molecule has 2 aromatic carbocycles. The Morgan fingerprint density at radius 3 is 2.53 bits per heavy atom. The highest BCUT2D eigenvalue weighted by molar-refractivity contribution is 14.1. The van der Waals surface area contributed by atoms with E-state index in [1.54, 1.807) is 0 Å². The van der Waals surface area contributed by atoms with Gasteiger partial charge in [0.25, 0.3) is 0 Å². The van der Waals surface area contributed by atoms with Crippen LogP contribution in [0.2, 0.25) is 0 Å². The zero-order valence-corrected chi connectivity index (χ0v) is 13.2. The van der Waals surface area contributed by atoms with E-state index in [2.05, 4.69) is 22.6 Å². The number of carbonyl (C=O) groups is 1. The van der Waals surface area contributed by atoms with Crippen molar-refractivity contribution in [1.29, 1.82) is 0 Å². The van der Waals surface area contributed by atoms with Gasteiger partial charge in [0.1, 0.15) is 0 Å². The number of nitrogens with zero attached hydrogens (tertiary/aromatic N) is 1. The van der Waals surface area contributed by atoms with Crippen molar-refractivity contribution in [1.82, 2.24) is 0 Å². The molecule has 0 N–H and O–H groups in total. The summed E-state index contributed by atoms with van der Waals surface area (Å²) >= 11 is 2.26. The molecule has 0 aliphatic carbocycles. The van der Waals surface area contributed by atoms with Crippen LogP contribution in [0.5, 0.6) is 0 Å². The molecule has 19 heavy (non-hydrogen) atoms. The molecule has 0 aliphatic rings. The first kappa shape index (κ1) is 14.1. The van der Waals surface area contributed by atoms with Crippen LogP contribution in [0.15, 0.2) is 48.5 Å². The van der Waals surface area contributed by atoms with E-state index in [9.17, 15) is 4.79 Å². The van der Waals surface area contributed by atoms with Crippen LogP contribution in [0.4, 0.5) is 5.69 Å². The third-order valence-corrected chi connectivity index (χ3v) is 3.61. The summed E-state index contributed by atoms with van der Waals surface area (Å²) in [6.07, 6.45) is 0.452. The first-order valence-electron chi connectivity index (χ1n) is 6.11. The van der Waals surface area contributed by atoms with Crippen molar-refractivity contribution < 1.29 is 4.79 Å². The van der Waals surface area contributed by atoms with E-state index in [-0.39, 0.29) is 5.78 Å². The number of carbonyl (C=O) groups excluding carboxylic acids is 1. The summed E-state index contributed by atoms with van der Waals surface area (Å²) < 4.78 is 1.16. The van der Waals surface area contributed by atoms with E-state index in [1.165, 1.54) is 0 Å².